The van der Waals surface area contributed by atoms with Gasteiger partial charge in [-0.2, -0.15) is 5.10 Å². The summed E-state index contributed by atoms with van der Waals surface area (Å²) < 4.78 is 14.5. The third-order valence-electron chi connectivity index (χ3n) is 3.04. The zero-order chi connectivity index (χ0) is 13.2. The Labute approximate surface area is 105 Å². The number of hydrogen-bond acceptors (Lipinski definition) is 3. The van der Waals surface area contributed by atoms with Gasteiger partial charge in [0.1, 0.15) is 11.4 Å². The predicted molar refractivity (Wildman–Crippen MR) is 65.3 cm³/mol. The smallest absolute Gasteiger partial charge is 0.141 e. The standard InChI is InChI=1S/C13H16FN3O/c1-3-13(18,6-10-7-16-17(2)9-10)12-5-4-11(14)8-15-12/h4-5,7-9,18H,3,6H2,1-2H3. The molecule has 96 valence electrons. The fraction of sp³-hybridized carbons (Fsp3) is 0.385. The van der Waals surface area contributed by atoms with Crippen LogP contribution in [0.3, 0.4) is 0 Å². The van der Waals surface area contributed by atoms with E-state index in [2.05, 4.69) is 10.1 Å². The number of aryl methyl sites for hydroxylation is 1. The largest absolute Gasteiger partial charge is 0.383 e. The highest BCUT2D eigenvalue weighted by atomic mass is 19.1. The number of rotatable bonds is 4. The number of nitrogens with zero attached hydrogens (tertiary/aromatic N) is 3. The van der Waals surface area contributed by atoms with Crippen molar-refractivity contribution in [2.24, 2.45) is 7.05 Å². The van der Waals surface area contributed by atoms with Gasteiger partial charge >= 0.3 is 0 Å². The van der Waals surface area contributed by atoms with Crippen molar-refractivity contribution in [3.05, 3.63) is 47.8 Å². The first-order chi connectivity index (χ1) is 8.53. The average Bonchev–Trinajstić information content (AvgIpc) is 2.75. The maximum absolute atomic E-state index is 12.9. The van der Waals surface area contributed by atoms with Crippen molar-refractivity contribution in [3.63, 3.8) is 0 Å². The van der Waals surface area contributed by atoms with Gasteiger partial charge in [0.25, 0.3) is 0 Å². The van der Waals surface area contributed by atoms with Crippen molar-refractivity contribution < 1.29 is 9.50 Å². The van der Waals surface area contributed by atoms with E-state index in [0.29, 0.717) is 18.5 Å². The molecule has 0 radical (unpaired) electrons. The van der Waals surface area contributed by atoms with Crippen LogP contribution >= 0.6 is 0 Å². The molecule has 2 rings (SSSR count). The normalized spacial score (nSPS) is 14.4. The number of aliphatic hydroxyl groups is 1. The Morgan fingerprint density at radius 1 is 1.39 bits per heavy atom. The molecule has 0 spiro atoms. The first kappa shape index (κ1) is 12.7. The third kappa shape index (κ3) is 2.56. The maximum Gasteiger partial charge on any atom is 0.141 e. The van der Waals surface area contributed by atoms with Crippen molar-refractivity contribution in [1.29, 1.82) is 0 Å². The second kappa shape index (κ2) is 4.86. The minimum Gasteiger partial charge on any atom is -0.383 e. The molecule has 1 N–H and O–H groups in total. The number of aromatic nitrogens is 3. The van der Waals surface area contributed by atoms with Gasteiger partial charge in [0.05, 0.1) is 18.1 Å². The van der Waals surface area contributed by atoms with Gasteiger partial charge in [0.2, 0.25) is 0 Å². The quantitative estimate of drug-likeness (QED) is 0.898. The van der Waals surface area contributed by atoms with Crippen LogP contribution in [0.25, 0.3) is 0 Å². The van der Waals surface area contributed by atoms with Crippen LogP contribution in [0.2, 0.25) is 0 Å². The molecule has 5 heteroatoms. The van der Waals surface area contributed by atoms with Gasteiger partial charge in [-0.3, -0.25) is 9.67 Å². The summed E-state index contributed by atoms with van der Waals surface area (Å²) in [5.74, 6) is -0.404. The van der Waals surface area contributed by atoms with E-state index in [4.69, 9.17) is 0 Å². The van der Waals surface area contributed by atoms with Crippen molar-refractivity contribution in [2.75, 3.05) is 0 Å². The highest BCUT2D eigenvalue weighted by Gasteiger charge is 2.29. The molecule has 0 aromatic carbocycles. The summed E-state index contributed by atoms with van der Waals surface area (Å²) in [5.41, 5.74) is 0.319. The highest BCUT2D eigenvalue weighted by Crippen LogP contribution is 2.27. The summed E-state index contributed by atoms with van der Waals surface area (Å²) in [5, 5.41) is 14.7. The Balaban J connectivity index is 2.27. The van der Waals surface area contributed by atoms with Crippen LogP contribution in [0.1, 0.15) is 24.6 Å². The molecule has 0 saturated carbocycles. The van der Waals surface area contributed by atoms with E-state index in [9.17, 15) is 9.50 Å². The molecular formula is C13H16FN3O. The van der Waals surface area contributed by atoms with Crippen LogP contribution < -0.4 is 0 Å². The van der Waals surface area contributed by atoms with Crippen LogP contribution in [-0.4, -0.2) is 19.9 Å². The zero-order valence-electron chi connectivity index (χ0n) is 10.5. The topological polar surface area (TPSA) is 50.9 Å². The Hall–Kier alpha value is -1.75. The van der Waals surface area contributed by atoms with Gasteiger partial charge in [-0.05, 0) is 24.1 Å². The molecular weight excluding hydrogens is 233 g/mol. The summed E-state index contributed by atoms with van der Waals surface area (Å²) in [6.45, 7) is 1.88. The SMILES string of the molecule is CCC(O)(Cc1cnn(C)c1)c1ccc(F)cn1. The van der Waals surface area contributed by atoms with Crippen LogP contribution in [0.4, 0.5) is 4.39 Å². The Bertz CT molecular complexity index is 523. The molecule has 0 fully saturated rings. The van der Waals surface area contributed by atoms with E-state index < -0.39 is 11.4 Å². The van der Waals surface area contributed by atoms with Gasteiger partial charge in [-0.15, -0.1) is 0 Å². The molecule has 1 unspecified atom stereocenters. The van der Waals surface area contributed by atoms with Crippen molar-refractivity contribution in [1.82, 2.24) is 14.8 Å². The summed E-state index contributed by atoms with van der Waals surface area (Å²) in [6.07, 6.45) is 5.60. The number of halogens is 1. The maximum atomic E-state index is 12.9. The first-order valence-electron chi connectivity index (χ1n) is 5.85. The average molecular weight is 249 g/mol. The van der Waals surface area contributed by atoms with Crippen LogP contribution in [0.15, 0.2) is 30.7 Å². The van der Waals surface area contributed by atoms with Gasteiger partial charge < -0.3 is 5.11 Å². The number of hydrogen-bond donors (Lipinski definition) is 1. The lowest BCUT2D eigenvalue weighted by Gasteiger charge is -2.25. The molecule has 1 atom stereocenters. The van der Waals surface area contributed by atoms with E-state index in [1.54, 1.807) is 10.9 Å². The van der Waals surface area contributed by atoms with E-state index in [0.717, 1.165) is 11.8 Å². The monoisotopic (exact) mass is 249 g/mol. The molecule has 2 aromatic heterocycles. The predicted octanol–water partition coefficient (Wildman–Crippen LogP) is 1.79. The summed E-state index contributed by atoms with van der Waals surface area (Å²) in [4.78, 5) is 3.97. The second-order valence-corrected chi connectivity index (χ2v) is 4.45. The van der Waals surface area contributed by atoms with E-state index >= 15 is 0 Å². The zero-order valence-corrected chi connectivity index (χ0v) is 10.5. The van der Waals surface area contributed by atoms with Crippen molar-refractivity contribution in [2.45, 2.75) is 25.4 Å². The molecule has 2 aromatic rings. The van der Waals surface area contributed by atoms with Crippen LogP contribution in [0, 0.1) is 5.82 Å². The van der Waals surface area contributed by atoms with Gasteiger partial charge in [-0.1, -0.05) is 6.92 Å². The lowest BCUT2D eigenvalue weighted by molar-refractivity contribution is 0.0282. The Kier molecular flexibility index (Phi) is 3.43. The minimum absolute atomic E-state index is 0.404. The molecule has 18 heavy (non-hydrogen) atoms. The summed E-state index contributed by atoms with van der Waals surface area (Å²) in [7, 11) is 1.82. The first-order valence-corrected chi connectivity index (χ1v) is 5.85. The fourth-order valence-electron chi connectivity index (χ4n) is 1.95. The number of pyridine rings is 1. The minimum atomic E-state index is -1.09. The Morgan fingerprint density at radius 2 is 2.17 bits per heavy atom. The second-order valence-electron chi connectivity index (χ2n) is 4.45. The van der Waals surface area contributed by atoms with Gasteiger partial charge in [0.15, 0.2) is 0 Å². The molecule has 0 bridgehead atoms. The summed E-state index contributed by atoms with van der Waals surface area (Å²) in [6, 6.07) is 2.83. The molecule has 0 amide bonds. The lowest BCUT2D eigenvalue weighted by Crippen LogP contribution is -2.28. The van der Waals surface area contributed by atoms with E-state index in [1.165, 1.54) is 12.1 Å². The molecule has 0 saturated heterocycles. The fourth-order valence-corrected chi connectivity index (χ4v) is 1.95. The lowest BCUT2D eigenvalue weighted by atomic mass is 9.89. The van der Waals surface area contributed by atoms with Gasteiger partial charge in [0, 0.05) is 19.7 Å². The molecule has 0 aliphatic carbocycles. The van der Waals surface area contributed by atoms with Crippen molar-refractivity contribution >= 4 is 0 Å². The van der Waals surface area contributed by atoms with Gasteiger partial charge in [-0.25, -0.2) is 4.39 Å². The molecule has 4 nitrogen and oxygen atoms in total. The van der Waals surface area contributed by atoms with E-state index in [1.807, 2.05) is 20.2 Å². The molecule has 0 aliphatic rings. The third-order valence-corrected chi connectivity index (χ3v) is 3.04. The highest BCUT2D eigenvalue weighted by molar-refractivity contribution is 5.18. The van der Waals surface area contributed by atoms with E-state index in [-0.39, 0.29) is 0 Å². The van der Waals surface area contributed by atoms with Crippen LogP contribution in [0.5, 0.6) is 0 Å². The molecule has 2 heterocycles. The Morgan fingerprint density at radius 3 is 2.67 bits per heavy atom. The molecule has 0 aliphatic heterocycles. The van der Waals surface area contributed by atoms with Crippen molar-refractivity contribution in [3.8, 4) is 0 Å². The summed E-state index contributed by atoms with van der Waals surface area (Å²) >= 11 is 0. The van der Waals surface area contributed by atoms with Crippen LogP contribution in [-0.2, 0) is 19.1 Å².